The summed E-state index contributed by atoms with van der Waals surface area (Å²) in [6, 6.07) is 7.96. The van der Waals surface area contributed by atoms with Crippen LogP contribution in [-0.2, 0) is 4.79 Å². The Labute approximate surface area is 133 Å². The molecule has 1 heterocycles. The zero-order valence-corrected chi connectivity index (χ0v) is 13.6. The molecule has 3 rings (SSSR count). The van der Waals surface area contributed by atoms with Gasteiger partial charge in [-0.15, -0.1) is 0 Å². The molecule has 1 aliphatic heterocycles. The summed E-state index contributed by atoms with van der Waals surface area (Å²) in [7, 11) is 0. The van der Waals surface area contributed by atoms with Gasteiger partial charge in [0.25, 0.3) is 0 Å². The fourth-order valence-corrected chi connectivity index (χ4v) is 3.86. The van der Waals surface area contributed by atoms with Crippen LogP contribution in [0.2, 0.25) is 0 Å². The van der Waals surface area contributed by atoms with E-state index in [0.717, 1.165) is 29.7 Å². The van der Waals surface area contributed by atoms with Crippen molar-refractivity contribution in [3.05, 3.63) is 28.7 Å². The fourth-order valence-electron chi connectivity index (χ4n) is 3.48. The molecule has 114 valence electrons. The average Bonchev–Trinajstić information content (AvgIpc) is 3.02. The van der Waals surface area contributed by atoms with Crippen LogP contribution in [0.1, 0.15) is 19.3 Å². The van der Waals surface area contributed by atoms with Gasteiger partial charge in [-0.05, 0) is 42.9 Å². The van der Waals surface area contributed by atoms with Crippen molar-refractivity contribution in [1.82, 2.24) is 4.90 Å². The number of benzene rings is 1. The summed E-state index contributed by atoms with van der Waals surface area (Å²) in [5, 5.41) is 0. The van der Waals surface area contributed by atoms with Crippen LogP contribution in [0, 0.1) is 11.8 Å². The molecule has 3 atom stereocenters. The van der Waals surface area contributed by atoms with Crippen LogP contribution in [0.4, 0.5) is 0 Å². The molecule has 0 aromatic heterocycles. The van der Waals surface area contributed by atoms with Crippen molar-refractivity contribution in [3.63, 3.8) is 0 Å². The lowest BCUT2D eigenvalue weighted by Gasteiger charge is -2.18. The van der Waals surface area contributed by atoms with Crippen molar-refractivity contribution < 1.29 is 9.53 Å². The van der Waals surface area contributed by atoms with Gasteiger partial charge in [-0.25, -0.2) is 0 Å². The van der Waals surface area contributed by atoms with E-state index in [-0.39, 0.29) is 11.9 Å². The summed E-state index contributed by atoms with van der Waals surface area (Å²) in [5.41, 5.74) is 6.11. The van der Waals surface area contributed by atoms with Crippen molar-refractivity contribution in [2.45, 2.75) is 25.3 Å². The van der Waals surface area contributed by atoms with Gasteiger partial charge in [-0.3, -0.25) is 4.79 Å². The number of hydrogen-bond donors (Lipinski definition) is 1. The number of likely N-dealkylation sites (tertiary alicyclic amines) is 1. The molecule has 0 spiro atoms. The largest absolute Gasteiger partial charge is 0.493 e. The monoisotopic (exact) mass is 352 g/mol. The summed E-state index contributed by atoms with van der Waals surface area (Å²) in [6.45, 7) is 2.14. The molecule has 1 aromatic carbocycles. The molecule has 4 nitrogen and oxygen atoms in total. The van der Waals surface area contributed by atoms with Crippen molar-refractivity contribution in [2.75, 3.05) is 19.7 Å². The number of carbonyl (C=O) groups excluding carboxylic acids is 1. The average molecular weight is 353 g/mol. The molecular weight excluding hydrogens is 332 g/mol. The standard InChI is InChI=1S/C16H21BrN2O2/c17-12-2-1-3-13(8-12)21-7-6-16(20)19-9-11-4-5-15(18)14(11)10-19/h1-3,8,11,14-15H,4-7,9-10,18H2. The highest BCUT2D eigenvalue weighted by atomic mass is 79.9. The molecule has 1 saturated carbocycles. The molecule has 0 bridgehead atoms. The maximum atomic E-state index is 12.2. The number of halogens is 1. The van der Waals surface area contributed by atoms with Gasteiger partial charge in [-0.1, -0.05) is 22.0 Å². The summed E-state index contributed by atoms with van der Waals surface area (Å²) in [4.78, 5) is 14.2. The number of amides is 1. The minimum absolute atomic E-state index is 0.187. The van der Waals surface area contributed by atoms with Gasteiger partial charge in [0.05, 0.1) is 13.0 Å². The second kappa shape index (κ2) is 6.36. The van der Waals surface area contributed by atoms with Gasteiger partial charge < -0.3 is 15.4 Å². The molecular formula is C16H21BrN2O2. The summed E-state index contributed by atoms with van der Waals surface area (Å²) >= 11 is 3.40. The number of rotatable bonds is 4. The Balaban J connectivity index is 1.45. The van der Waals surface area contributed by atoms with Crippen LogP contribution in [-0.4, -0.2) is 36.5 Å². The normalized spacial score (nSPS) is 27.7. The molecule has 1 saturated heterocycles. The van der Waals surface area contributed by atoms with E-state index < -0.39 is 0 Å². The molecule has 1 aromatic rings. The predicted octanol–water partition coefficient (Wildman–Crippen LogP) is 2.41. The lowest BCUT2D eigenvalue weighted by molar-refractivity contribution is -0.131. The summed E-state index contributed by atoms with van der Waals surface area (Å²) in [6.07, 6.45) is 2.72. The quantitative estimate of drug-likeness (QED) is 0.905. The maximum Gasteiger partial charge on any atom is 0.226 e. The minimum Gasteiger partial charge on any atom is -0.493 e. The van der Waals surface area contributed by atoms with Crippen LogP contribution >= 0.6 is 15.9 Å². The first-order valence-corrected chi connectivity index (χ1v) is 8.34. The number of carbonyl (C=O) groups is 1. The molecule has 2 aliphatic rings. The molecule has 0 radical (unpaired) electrons. The Morgan fingerprint density at radius 3 is 3.00 bits per heavy atom. The zero-order valence-electron chi connectivity index (χ0n) is 12.0. The highest BCUT2D eigenvalue weighted by Crippen LogP contribution is 2.37. The van der Waals surface area contributed by atoms with E-state index in [0.29, 0.717) is 24.9 Å². The molecule has 2 N–H and O–H groups in total. The van der Waals surface area contributed by atoms with E-state index in [1.165, 1.54) is 6.42 Å². The molecule has 1 amide bonds. The first kappa shape index (κ1) is 14.9. The van der Waals surface area contributed by atoms with Gasteiger partial charge in [0.1, 0.15) is 5.75 Å². The third-order valence-electron chi connectivity index (χ3n) is 4.65. The van der Waals surface area contributed by atoms with Crippen molar-refractivity contribution in [1.29, 1.82) is 0 Å². The number of ether oxygens (including phenoxy) is 1. The van der Waals surface area contributed by atoms with E-state index in [1.807, 2.05) is 29.2 Å². The Hall–Kier alpha value is -1.07. The van der Waals surface area contributed by atoms with Crippen molar-refractivity contribution >= 4 is 21.8 Å². The second-order valence-electron chi connectivity index (χ2n) is 6.02. The molecule has 1 aliphatic carbocycles. The third-order valence-corrected chi connectivity index (χ3v) is 5.14. The molecule has 21 heavy (non-hydrogen) atoms. The van der Waals surface area contributed by atoms with Crippen LogP contribution in [0.3, 0.4) is 0 Å². The number of hydrogen-bond acceptors (Lipinski definition) is 3. The van der Waals surface area contributed by atoms with Crippen LogP contribution < -0.4 is 10.5 Å². The highest BCUT2D eigenvalue weighted by Gasteiger charge is 2.42. The SMILES string of the molecule is NC1CCC2CN(C(=O)CCOc3cccc(Br)c3)CC12. The van der Waals surface area contributed by atoms with Gasteiger partial charge >= 0.3 is 0 Å². The Morgan fingerprint density at radius 1 is 1.38 bits per heavy atom. The summed E-state index contributed by atoms with van der Waals surface area (Å²) in [5.74, 6) is 2.11. The lowest BCUT2D eigenvalue weighted by atomic mass is 9.98. The van der Waals surface area contributed by atoms with Gasteiger partial charge in [0.15, 0.2) is 0 Å². The molecule has 5 heteroatoms. The Morgan fingerprint density at radius 2 is 2.24 bits per heavy atom. The maximum absolute atomic E-state index is 12.2. The Bertz CT molecular complexity index is 523. The molecule has 3 unspecified atom stereocenters. The summed E-state index contributed by atoms with van der Waals surface area (Å²) < 4.78 is 6.61. The van der Waals surface area contributed by atoms with Crippen molar-refractivity contribution in [3.8, 4) is 5.75 Å². The topological polar surface area (TPSA) is 55.6 Å². The van der Waals surface area contributed by atoms with Gasteiger partial charge in [0.2, 0.25) is 5.91 Å². The van der Waals surface area contributed by atoms with Crippen molar-refractivity contribution in [2.24, 2.45) is 17.6 Å². The second-order valence-corrected chi connectivity index (χ2v) is 6.94. The van der Waals surface area contributed by atoms with Gasteiger partial charge in [0, 0.05) is 23.6 Å². The first-order valence-electron chi connectivity index (χ1n) is 7.55. The number of nitrogens with zero attached hydrogens (tertiary/aromatic N) is 1. The van der Waals surface area contributed by atoms with Gasteiger partial charge in [-0.2, -0.15) is 0 Å². The molecule has 2 fully saturated rings. The van der Waals surface area contributed by atoms with E-state index in [4.69, 9.17) is 10.5 Å². The van der Waals surface area contributed by atoms with Crippen LogP contribution in [0.5, 0.6) is 5.75 Å². The van der Waals surface area contributed by atoms with E-state index in [1.54, 1.807) is 0 Å². The Kier molecular flexibility index (Phi) is 4.50. The number of nitrogens with two attached hydrogens (primary N) is 1. The first-order chi connectivity index (χ1) is 10.1. The zero-order chi connectivity index (χ0) is 14.8. The van der Waals surface area contributed by atoms with Crippen LogP contribution in [0.15, 0.2) is 28.7 Å². The highest BCUT2D eigenvalue weighted by molar-refractivity contribution is 9.10. The fraction of sp³-hybridized carbons (Fsp3) is 0.562. The number of fused-ring (bicyclic) bond motifs is 1. The smallest absolute Gasteiger partial charge is 0.226 e. The lowest BCUT2D eigenvalue weighted by Crippen LogP contribution is -2.34. The van der Waals surface area contributed by atoms with E-state index in [2.05, 4.69) is 15.9 Å². The van der Waals surface area contributed by atoms with E-state index in [9.17, 15) is 4.79 Å². The predicted molar refractivity (Wildman–Crippen MR) is 85.0 cm³/mol. The van der Waals surface area contributed by atoms with Crippen LogP contribution in [0.25, 0.3) is 0 Å². The third kappa shape index (κ3) is 3.40. The minimum atomic E-state index is 0.187. The van der Waals surface area contributed by atoms with E-state index >= 15 is 0 Å².